The molecule has 2 heterocycles. The van der Waals surface area contributed by atoms with E-state index in [0.717, 1.165) is 25.2 Å². The lowest BCUT2D eigenvalue weighted by atomic mass is 9.98. The molecule has 2 aromatic rings. The van der Waals surface area contributed by atoms with Crippen LogP contribution >= 0.6 is 0 Å². The van der Waals surface area contributed by atoms with Gasteiger partial charge in [-0.25, -0.2) is 0 Å². The second kappa shape index (κ2) is 5.77. The summed E-state index contributed by atoms with van der Waals surface area (Å²) in [7, 11) is 0. The molecule has 1 atom stereocenters. The van der Waals surface area contributed by atoms with Gasteiger partial charge in [-0.3, -0.25) is 0 Å². The van der Waals surface area contributed by atoms with Crippen LogP contribution in [0.25, 0.3) is 11.4 Å². The highest BCUT2D eigenvalue weighted by Gasteiger charge is 2.24. The molecule has 0 spiro atoms. The highest BCUT2D eigenvalue weighted by atomic mass is 19.3. The molecule has 0 amide bonds. The van der Waals surface area contributed by atoms with Crippen LogP contribution in [0, 0.1) is 5.92 Å². The molecule has 0 aliphatic carbocycles. The highest BCUT2D eigenvalue weighted by molar-refractivity contribution is 5.64. The lowest BCUT2D eigenvalue weighted by molar-refractivity contribution is -0.0494. The fraction of sp³-hybridized carbons (Fsp3) is 0.429. The maximum atomic E-state index is 12.5. The maximum Gasteiger partial charge on any atom is 0.387 e. The second-order valence-corrected chi connectivity index (χ2v) is 5.06. The molecule has 2 N–H and O–H groups in total. The monoisotopic (exact) mass is 294 g/mol. The van der Waals surface area contributed by atoms with Gasteiger partial charge in [0.25, 0.3) is 0 Å². The number of aromatic nitrogens is 3. The molecule has 0 bridgehead atoms. The van der Waals surface area contributed by atoms with Crippen molar-refractivity contribution in [3.63, 3.8) is 0 Å². The minimum Gasteiger partial charge on any atom is -0.434 e. The van der Waals surface area contributed by atoms with Crippen LogP contribution in [0.15, 0.2) is 24.3 Å². The summed E-state index contributed by atoms with van der Waals surface area (Å²) in [4.78, 5) is 0. The summed E-state index contributed by atoms with van der Waals surface area (Å²) in [6.45, 7) is -1.51. The van der Waals surface area contributed by atoms with Crippen molar-refractivity contribution in [2.45, 2.75) is 26.0 Å². The zero-order chi connectivity index (χ0) is 14.8. The van der Waals surface area contributed by atoms with Crippen molar-refractivity contribution in [2.24, 2.45) is 11.7 Å². The molecular formula is C14H16F2N4O. The lowest BCUT2D eigenvalue weighted by Crippen LogP contribution is -2.25. The Morgan fingerprint density at radius 2 is 2.14 bits per heavy atom. The van der Waals surface area contributed by atoms with Gasteiger partial charge >= 0.3 is 6.61 Å². The summed E-state index contributed by atoms with van der Waals surface area (Å²) in [6.07, 6.45) is 1.70. The Labute approximate surface area is 120 Å². The number of halogens is 2. The Bertz CT molecular complexity index is 629. The molecule has 7 heteroatoms. The summed E-state index contributed by atoms with van der Waals surface area (Å²) in [5.41, 5.74) is 6.23. The number of hydrogen-bond acceptors (Lipinski definition) is 4. The summed E-state index contributed by atoms with van der Waals surface area (Å²) in [5, 5.41) is 8.32. The lowest BCUT2D eigenvalue weighted by Gasteiger charge is -2.22. The van der Waals surface area contributed by atoms with E-state index in [2.05, 4.69) is 14.9 Å². The van der Waals surface area contributed by atoms with Crippen molar-refractivity contribution in [1.29, 1.82) is 0 Å². The molecule has 5 nitrogen and oxygen atoms in total. The molecule has 0 saturated heterocycles. The number of rotatable bonds is 4. The number of fused-ring (bicyclic) bond motifs is 1. The molecule has 1 unspecified atom stereocenters. The summed E-state index contributed by atoms with van der Waals surface area (Å²) in [5.74, 6) is 1.93. The van der Waals surface area contributed by atoms with Crippen LogP contribution in [0.3, 0.4) is 0 Å². The zero-order valence-electron chi connectivity index (χ0n) is 11.4. The Morgan fingerprint density at radius 3 is 2.90 bits per heavy atom. The van der Waals surface area contributed by atoms with Crippen molar-refractivity contribution in [3.05, 3.63) is 30.1 Å². The van der Waals surface area contributed by atoms with Crippen molar-refractivity contribution in [3.8, 4) is 17.1 Å². The predicted molar refractivity (Wildman–Crippen MR) is 73.0 cm³/mol. The first kappa shape index (κ1) is 13.9. The van der Waals surface area contributed by atoms with Gasteiger partial charge in [0.15, 0.2) is 5.82 Å². The predicted octanol–water partition coefficient (Wildman–Crippen LogP) is 2.07. The van der Waals surface area contributed by atoms with E-state index in [1.165, 1.54) is 6.07 Å². The maximum absolute atomic E-state index is 12.5. The van der Waals surface area contributed by atoms with Gasteiger partial charge in [0.1, 0.15) is 11.6 Å². The van der Waals surface area contributed by atoms with Crippen molar-refractivity contribution < 1.29 is 13.5 Å². The number of benzene rings is 1. The van der Waals surface area contributed by atoms with E-state index in [0.29, 0.717) is 23.9 Å². The van der Waals surface area contributed by atoms with Crippen LogP contribution in [-0.2, 0) is 13.0 Å². The smallest absolute Gasteiger partial charge is 0.387 e. The van der Waals surface area contributed by atoms with Crippen molar-refractivity contribution >= 4 is 0 Å². The van der Waals surface area contributed by atoms with Crippen LogP contribution in [0.5, 0.6) is 5.75 Å². The van der Waals surface area contributed by atoms with Crippen molar-refractivity contribution in [2.75, 3.05) is 6.54 Å². The first-order chi connectivity index (χ1) is 10.2. The number of hydrogen-bond donors (Lipinski definition) is 1. The quantitative estimate of drug-likeness (QED) is 0.937. The Morgan fingerprint density at radius 1 is 1.33 bits per heavy atom. The molecule has 0 fully saturated rings. The van der Waals surface area contributed by atoms with Crippen molar-refractivity contribution in [1.82, 2.24) is 14.8 Å². The largest absolute Gasteiger partial charge is 0.434 e. The second-order valence-electron chi connectivity index (χ2n) is 5.06. The zero-order valence-corrected chi connectivity index (χ0v) is 11.4. The number of nitrogens with zero attached hydrogens (tertiary/aromatic N) is 3. The molecule has 21 heavy (non-hydrogen) atoms. The van der Waals surface area contributed by atoms with Gasteiger partial charge in [-0.05, 0) is 31.0 Å². The van der Waals surface area contributed by atoms with E-state index in [1.807, 2.05) is 4.57 Å². The fourth-order valence-electron chi connectivity index (χ4n) is 2.64. The van der Waals surface area contributed by atoms with E-state index >= 15 is 0 Å². The number of para-hydroxylation sites is 1. The minimum absolute atomic E-state index is 0.114. The van der Waals surface area contributed by atoms with Crippen LogP contribution in [0.2, 0.25) is 0 Å². The number of nitrogens with two attached hydrogens (primary N) is 1. The minimum atomic E-state index is -2.86. The Hall–Kier alpha value is -2.02. The standard InChI is InChI=1S/C14H16F2N4O/c15-14(16)21-11-4-2-1-3-10(11)13-19-18-12-7-9(8-17)5-6-20(12)13/h1-4,9,14H,5-8,17H2. The van der Waals surface area contributed by atoms with E-state index in [9.17, 15) is 8.78 Å². The third-order valence-electron chi connectivity index (χ3n) is 3.74. The summed E-state index contributed by atoms with van der Waals surface area (Å²) < 4.78 is 31.5. The average molecular weight is 294 g/mol. The van der Waals surface area contributed by atoms with E-state index in [1.54, 1.807) is 18.2 Å². The van der Waals surface area contributed by atoms with Gasteiger partial charge in [0.2, 0.25) is 0 Å². The van der Waals surface area contributed by atoms with Gasteiger partial charge in [-0.2, -0.15) is 8.78 Å². The average Bonchev–Trinajstić information content (AvgIpc) is 2.90. The van der Waals surface area contributed by atoms with Gasteiger partial charge < -0.3 is 15.0 Å². The van der Waals surface area contributed by atoms with Crippen LogP contribution in [0.1, 0.15) is 12.2 Å². The van der Waals surface area contributed by atoms with Gasteiger partial charge in [0.05, 0.1) is 5.56 Å². The van der Waals surface area contributed by atoms with Crippen LogP contribution in [0.4, 0.5) is 8.78 Å². The molecule has 1 aliphatic rings. The van der Waals surface area contributed by atoms with E-state index < -0.39 is 6.61 Å². The molecule has 1 aromatic heterocycles. The molecule has 1 aliphatic heterocycles. The van der Waals surface area contributed by atoms with Crippen LogP contribution < -0.4 is 10.5 Å². The van der Waals surface area contributed by atoms with Gasteiger partial charge in [-0.1, -0.05) is 12.1 Å². The molecule has 0 radical (unpaired) electrons. The number of ether oxygens (including phenoxy) is 1. The van der Waals surface area contributed by atoms with Gasteiger partial charge in [-0.15, -0.1) is 10.2 Å². The van der Waals surface area contributed by atoms with Gasteiger partial charge in [0, 0.05) is 13.0 Å². The molecule has 3 rings (SSSR count). The van der Waals surface area contributed by atoms with E-state index in [4.69, 9.17) is 5.73 Å². The fourth-order valence-corrected chi connectivity index (χ4v) is 2.64. The topological polar surface area (TPSA) is 66.0 Å². The molecule has 1 aromatic carbocycles. The first-order valence-electron chi connectivity index (χ1n) is 6.85. The highest BCUT2D eigenvalue weighted by Crippen LogP contribution is 2.32. The first-order valence-corrected chi connectivity index (χ1v) is 6.85. The molecular weight excluding hydrogens is 278 g/mol. The van der Waals surface area contributed by atoms with Crippen LogP contribution in [-0.4, -0.2) is 27.9 Å². The summed E-state index contributed by atoms with van der Waals surface area (Å²) in [6, 6.07) is 6.64. The molecule has 112 valence electrons. The molecule has 0 saturated carbocycles. The normalized spacial score (nSPS) is 17.8. The Balaban J connectivity index is 1.97. The third-order valence-corrected chi connectivity index (χ3v) is 3.74. The number of alkyl halides is 2. The van der Waals surface area contributed by atoms with E-state index in [-0.39, 0.29) is 5.75 Å². The SMILES string of the molecule is NCC1CCn2c(nnc2-c2ccccc2OC(F)F)C1. The third kappa shape index (κ3) is 2.73. The Kier molecular flexibility index (Phi) is 3.83. The summed E-state index contributed by atoms with van der Waals surface area (Å²) >= 11 is 0.